The van der Waals surface area contributed by atoms with Crippen LogP contribution in [0.4, 0.5) is 0 Å². The summed E-state index contributed by atoms with van der Waals surface area (Å²) >= 11 is 0. The average molecular weight is 344 g/mol. The topological polar surface area (TPSA) is 12.5 Å². The molecule has 2 aliphatic rings. The van der Waals surface area contributed by atoms with Gasteiger partial charge in [0.2, 0.25) is 0 Å². The second-order valence-electron chi connectivity index (χ2n) is 6.82. The second kappa shape index (κ2) is 8.04. The van der Waals surface area contributed by atoms with Gasteiger partial charge in [-0.05, 0) is 68.5 Å². The number of nitrogens with zero attached hydrogens (tertiary/aromatic N) is 1. The Morgan fingerprint density at radius 2 is 1.46 bits per heavy atom. The number of rotatable bonds is 3. The molecule has 2 fully saturated rings. The van der Waals surface area contributed by atoms with Crippen molar-refractivity contribution in [3.8, 4) is 11.5 Å². The number of fused-ring (bicyclic) bond motifs is 1. The molecule has 24 heavy (non-hydrogen) atoms. The summed E-state index contributed by atoms with van der Waals surface area (Å²) in [7, 11) is 0. The number of hydrogen-bond donors (Lipinski definition) is 0. The SMILES string of the molecule is Cl.c1ccc(Oc2ccc([C@@H]3CCC[C@H]4CCCCN43)cc2)cc1. The molecular weight excluding hydrogens is 318 g/mol. The van der Waals surface area contributed by atoms with Gasteiger partial charge in [0, 0.05) is 12.1 Å². The molecule has 2 aromatic rings. The standard InChI is InChI=1S/C21H25NO.ClH/c1-2-9-19(10-3-1)23-20-14-12-17(13-15-20)21-11-6-8-18-7-4-5-16-22(18)21;/h1-3,9-10,12-15,18,21H,4-8,11,16H2;1H/t18-,21+;/m1./s1. The number of para-hydroxylation sites is 1. The van der Waals surface area contributed by atoms with Crippen molar-refractivity contribution in [1.82, 2.24) is 4.90 Å². The molecule has 0 spiro atoms. The van der Waals surface area contributed by atoms with Crippen molar-refractivity contribution < 1.29 is 4.74 Å². The lowest BCUT2D eigenvalue weighted by atomic mass is 9.86. The second-order valence-corrected chi connectivity index (χ2v) is 6.82. The molecule has 2 atom stereocenters. The van der Waals surface area contributed by atoms with E-state index in [9.17, 15) is 0 Å². The zero-order chi connectivity index (χ0) is 15.5. The van der Waals surface area contributed by atoms with Gasteiger partial charge < -0.3 is 4.74 Å². The van der Waals surface area contributed by atoms with Gasteiger partial charge >= 0.3 is 0 Å². The minimum absolute atomic E-state index is 0. The molecule has 0 bridgehead atoms. The zero-order valence-electron chi connectivity index (χ0n) is 14.1. The lowest BCUT2D eigenvalue weighted by molar-refractivity contribution is 0.0518. The van der Waals surface area contributed by atoms with E-state index in [1.807, 2.05) is 30.3 Å². The summed E-state index contributed by atoms with van der Waals surface area (Å²) < 4.78 is 5.91. The van der Waals surface area contributed by atoms with Crippen molar-refractivity contribution in [1.29, 1.82) is 0 Å². The van der Waals surface area contributed by atoms with E-state index in [0.29, 0.717) is 6.04 Å². The van der Waals surface area contributed by atoms with Gasteiger partial charge in [-0.25, -0.2) is 0 Å². The first-order chi connectivity index (χ1) is 11.4. The van der Waals surface area contributed by atoms with E-state index in [0.717, 1.165) is 17.5 Å². The quantitative estimate of drug-likeness (QED) is 0.679. The van der Waals surface area contributed by atoms with Gasteiger partial charge in [0.25, 0.3) is 0 Å². The van der Waals surface area contributed by atoms with E-state index in [1.54, 1.807) is 0 Å². The largest absolute Gasteiger partial charge is 0.457 e. The fourth-order valence-electron chi connectivity index (χ4n) is 4.20. The summed E-state index contributed by atoms with van der Waals surface area (Å²) in [6, 6.07) is 20.2. The van der Waals surface area contributed by atoms with Gasteiger partial charge in [0.15, 0.2) is 0 Å². The Kier molecular flexibility index (Phi) is 5.80. The Hall–Kier alpha value is -1.51. The predicted octanol–water partition coefficient (Wildman–Crippen LogP) is 5.98. The van der Waals surface area contributed by atoms with Crippen LogP contribution in [0.3, 0.4) is 0 Å². The van der Waals surface area contributed by atoms with Gasteiger partial charge in [-0.1, -0.05) is 36.8 Å². The molecule has 2 aliphatic heterocycles. The van der Waals surface area contributed by atoms with Crippen LogP contribution in [0, 0.1) is 0 Å². The molecular formula is C21H26ClNO. The van der Waals surface area contributed by atoms with Gasteiger partial charge in [-0.2, -0.15) is 0 Å². The molecule has 2 nitrogen and oxygen atoms in total. The van der Waals surface area contributed by atoms with Gasteiger partial charge in [0.1, 0.15) is 11.5 Å². The molecule has 0 radical (unpaired) electrons. The Labute approximate surface area is 151 Å². The van der Waals surface area contributed by atoms with Crippen LogP contribution in [-0.4, -0.2) is 17.5 Å². The highest BCUT2D eigenvalue weighted by molar-refractivity contribution is 5.85. The summed E-state index contributed by atoms with van der Waals surface area (Å²) in [6.45, 7) is 1.28. The smallest absolute Gasteiger partial charge is 0.127 e. The van der Waals surface area contributed by atoms with Crippen LogP contribution in [0.1, 0.15) is 50.1 Å². The zero-order valence-corrected chi connectivity index (χ0v) is 14.9. The third kappa shape index (κ3) is 3.76. The first kappa shape index (κ1) is 17.3. The average Bonchev–Trinajstić information content (AvgIpc) is 2.63. The van der Waals surface area contributed by atoms with Gasteiger partial charge in [-0.15, -0.1) is 12.4 Å². The highest BCUT2D eigenvalue weighted by atomic mass is 35.5. The number of piperidine rings is 2. The van der Waals surface area contributed by atoms with E-state index in [2.05, 4.69) is 29.2 Å². The molecule has 0 N–H and O–H groups in total. The Balaban J connectivity index is 0.00000169. The highest BCUT2D eigenvalue weighted by Crippen LogP contribution is 2.38. The van der Waals surface area contributed by atoms with Crippen LogP contribution in [0.5, 0.6) is 11.5 Å². The van der Waals surface area contributed by atoms with Crippen molar-refractivity contribution >= 4 is 12.4 Å². The summed E-state index contributed by atoms with van der Waals surface area (Å²) in [5, 5.41) is 0. The first-order valence-corrected chi connectivity index (χ1v) is 8.99. The van der Waals surface area contributed by atoms with Crippen molar-refractivity contribution in [2.45, 2.75) is 50.6 Å². The lowest BCUT2D eigenvalue weighted by Crippen LogP contribution is -2.44. The minimum atomic E-state index is 0. The maximum atomic E-state index is 5.91. The minimum Gasteiger partial charge on any atom is -0.457 e. The normalized spacial score (nSPS) is 23.8. The van der Waals surface area contributed by atoms with E-state index in [4.69, 9.17) is 4.74 Å². The third-order valence-electron chi connectivity index (χ3n) is 5.33. The van der Waals surface area contributed by atoms with Crippen molar-refractivity contribution in [3.63, 3.8) is 0 Å². The maximum Gasteiger partial charge on any atom is 0.127 e. The van der Waals surface area contributed by atoms with Gasteiger partial charge in [-0.3, -0.25) is 4.90 Å². The number of ether oxygens (including phenoxy) is 1. The third-order valence-corrected chi connectivity index (χ3v) is 5.33. The summed E-state index contributed by atoms with van der Waals surface area (Å²) in [6.07, 6.45) is 8.24. The highest BCUT2D eigenvalue weighted by Gasteiger charge is 2.32. The number of halogens is 1. The fourth-order valence-corrected chi connectivity index (χ4v) is 4.20. The van der Waals surface area contributed by atoms with Crippen LogP contribution in [0.2, 0.25) is 0 Å². The van der Waals surface area contributed by atoms with Crippen molar-refractivity contribution in [2.75, 3.05) is 6.54 Å². The van der Waals surface area contributed by atoms with Crippen LogP contribution < -0.4 is 4.74 Å². The van der Waals surface area contributed by atoms with Crippen LogP contribution >= 0.6 is 12.4 Å². The van der Waals surface area contributed by atoms with E-state index >= 15 is 0 Å². The predicted molar refractivity (Wildman–Crippen MR) is 101 cm³/mol. The van der Waals surface area contributed by atoms with E-state index in [-0.39, 0.29) is 12.4 Å². The first-order valence-electron chi connectivity index (χ1n) is 8.99. The molecule has 0 saturated carbocycles. The van der Waals surface area contributed by atoms with E-state index < -0.39 is 0 Å². The Morgan fingerprint density at radius 3 is 2.25 bits per heavy atom. The molecule has 0 amide bonds. The van der Waals surface area contributed by atoms with Crippen molar-refractivity contribution in [2.24, 2.45) is 0 Å². The molecule has 2 aromatic carbocycles. The van der Waals surface area contributed by atoms with Crippen LogP contribution in [0.15, 0.2) is 54.6 Å². The summed E-state index contributed by atoms with van der Waals surface area (Å²) in [4.78, 5) is 2.76. The lowest BCUT2D eigenvalue weighted by Gasteiger charge is -2.45. The molecule has 3 heteroatoms. The van der Waals surface area contributed by atoms with E-state index in [1.165, 1.54) is 50.6 Å². The van der Waals surface area contributed by atoms with Gasteiger partial charge in [0.05, 0.1) is 0 Å². The maximum absolute atomic E-state index is 5.91. The monoisotopic (exact) mass is 343 g/mol. The molecule has 0 unspecified atom stereocenters. The molecule has 2 saturated heterocycles. The number of benzene rings is 2. The summed E-state index contributed by atoms with van der Waals surface area (Å²) in [5.41, 5.74) is 1.46. The van der Waals surface area contributed by atoms with Crippen LogP contribution in [-0.2, 0) is 0 Å². The number of hydrogen-bond acceptors (Lipinski definition) is 2. The molecule has 2 heterocycles. The summed E-state index contributed by atoms with van der Waals surface area (Å²) in [5.74, 6) is 1.82. The molecule has 4 rings (SSSR count). The molecule has 128 valence electrons. The fraction of sp³-hybridized carbons (Fsp3) is 0.429. The van der Waals surface area contributed by atoms with Crippen molar-refractivity contribution in [3.05, 3.63) is 60.2 Å². The molecule has 0 aliphatic carbocycles. The Bertz CT molecular complexity index is 626. The Morgan fingerprint density at radius 1 is 0.750 bits per heavy atom. The van der Waals surface area contributed by atoms with Crippen LogP contribution in [0.25, 0.3) is 0 Å². The molecule has 0 aromatic heterocycles.